The molecule has 46 heavy (non-hydrogen) atoms. The zero-order valence-corrected chi connectivity index (χ0v) is 24.8. The number of phenols is 1. The second-order valence-corrected chi connectivity index (χ2v) is 10.9. The van der Waals surface area contributed by atoms with Crippen LogP contribution in [0.5, 0.6) is 5.75 Å². The summed E-state index contributed by atoms with van der Waals surface area (Å²) >= 11 is 0. The van der Waals surface area contributed by atoms with E-state index in [1.165, 1.54) is 45.1 Å². The molecule has 5 amide bonds. The maximum Gasteiger partial charge on any atom is 0.334 e. The van der Waals surface area contributed by atoms with Crippen LogP contribution in [0.2, 0.25) is 0 Å². The molecular formula is C32H33N7O7. The number of carbonyl (C=O) groups excluding carboxylic acids is 4. The van der Waals surface area contributed by atoms with Gasteiger partial charge in [-0.1, -0.05) is 60.7 Å². The van der Waals surface area contributed by atoms with Crippen molar-refractivity contribution in [3.63, 3.8) is 0 Å². The molecule has 0 aliphatic carbocycles. The van der Waals surface area contributed by atoms with Gasteiger partial charge in [-0.15, -0.1) is 6.58 Å². The summed E-state index contributed by atoms with van der Waals surface area (Å²) in [7, 11) is 0. The number of hydrazine groups is 1. The minimum absolute atomic E-state index is 0.0234. The number of para-hydroxylation sites is 1. The van der Waals surface area contributed by atoms with E-state index in [1.54, 1.807) is 23.2 Å². The molecule has 0 saturated carbocycles. The number of piperazine rings is 1. The van der Waals surface area contributed by atoms with Gasteiger partial charge in [0, 0.05) is 19.5 Å². The van der Waals surface area contributed by atoms with E-state index in [4.69, 9.17) is 5.73 Å². The standard InChI is InChI=1S/C32H33N7O7/c1-2-15-36-20-28(41)37-26(16-21-11-13-24(40)14-12-21)31(43)35(18-23-9-6-10-25(30(33)42)29(23)39(45)46)19-27(37)38(36)32(44)34-17-22-7-4-3-5-8-22/h2-14,26-27,40H,1,15-20H2,(H2,33,42)(H,34,44)/t26?,27-/m0/s1. The number of hydrogen-bond acceptors (Lipinski definition) is 8. The Balaban J connectivity index is 1.55. The number of carbonyl (C=O) groups is 4. The van der Waals surface area contributed by atoms with Gasteiger partial charge in [0.05, 0.1) is 30.1 Å². The van der Waals surface area contributed by atoms with E-state index >= 15 is 0 Å². The van der Waals surface area contributed by atoms with Crippen molar-refractivity contribution in [2.45, 2.75) is 31.7 Å². The van der Waals surface area contributed by atoms with Gasteiger partial charge in [-0.25, -0.2) is 14.8 Å². The van der Waals surface area contributed by atoms with Crippen LogP contribution < -0.4 is 11.1 Å². The highest BCUT2D eigenvalue weighted by Gasteiger charge is 2.51. The summed E-state index contributed by atoms with van der Waals surface area (Å²) in [6, 6.07) is 17.9. The van der Waals surface area contributed by atoms with Gasteiger partial charge in [0.15, 0.2) is 0 Å². The third-order valence-electron chi connectivity index (χ3n) is 7.96. The Labute approximate surface area is 264 Å². The predicted octanol–water partition coefficient (Wildman–Crippen LogP) is 2.14. The van der Waals surface area contributed by atoms with E-state index in [0.29, 0.717) is 5.56 Å². The summed E-state index contributed by atoms with van der Waals surface area (Å²) in [6.45, 7) is 3.45. The van der Waals surface area contributed by atoms with E-state index in [0.717, 1.165) is 5.56 Å². The minimum Gasteiger partial charge on any atom is -0.508 e. The smallest absolute Gasteiger partial charge is 0.334 e. The molecule has 0 aromatic heterocycles. The molecule has 14 nitrogen and oxygen atoms in total. The molecule has 2 saturated heterocycles. The van der Waals surface area contributed by atoms with Gasteiger partial charge < -0.3 is 26.0 Å². The number of fused-ring (bicyclic) bond motifs is 1. The molecule has 2 aliphatic heterocycles. The van der Waals surface area contributed by atoms with Gasteiger partial charge >= 0.3 is 6.03 Å². The Morgan fingerprint density at radius 1 is 1.04 bits per heavy atom. The van der Waals surface area contributed by atoms with Crippen LogP contribution in [0.3, 0.4) is 0 Å². The number of nitro benzene ring substituents is 1. The Hall–Kier alpha value is -5.76. The number of hydrogen-bond donors (Lipinski definition) is 3. The first-order chi connectivity index (χ1) is 22.1. The van der Waals surface area contributed by atoms with Crippen LogP contribution >= 0.6 is 0 Å². The topological polar surface area (TPSA) is 183 Å². The van der Waals surface area contributed by atoms with Crippen molar-refractivity contribution in [3.8, 4) is 5.75 Å². The van der Waals surface area contributed by atoms with Crippen LogP contribution in [0, 0.1) is 10.1 Å². The van der Waals surface area contributed by atoms with Crippen molar-refractivity contribution in [1.29, 1.82) is 0 Å². The highest BCUT2D eigenvalue weighted by Crippen LogP contribution is 2.32. The number of primary amides is 1. The summed E-state index contributed by atoms with van der Waals surface area (Å²) in [5.41, 5.74) is 6.15. The SMILES string of the molecule is C=CCN1CC(=O)N2C(Cc3ccc(O)cc3)C(=O)N(Cc3cccc(C(N)=O)c3[N+](=O)[O-])C[C@@H]2N1C(=O)NCc1ccccc1. The molecule has 238 valence electrons. The summed E-state index contributed by atoms with van der Waals surface area (Å²) in [5.74, 6) is -1.86. The summed E-state index contributed by atoms with van der Waals surface area (Å²) in [4.78, 5) is 67.9. The van der Waals surface area contributed by atoms with Crippen LogP contribution in [-0.4, -0.2) is 85.4 Å². The van der Waals surface area contributed by atoms with Crippen molar-refractivity contribution in [2.75, 3.05) is 19.6 Å². The lowest BCUT2D eigenvalue weighted by Gasteiger charge is -2.55. The molecule has 0 bridgehead atoms. The van der Waals surface area contributed by atoms with Crippen LogP contribution in [0.25, 0.3) is 0 Å². The highest BCUT2D eigenvalue weighted by molar-refractivity contribution is 5.97. The van der Waals surface area contributed by atoms with Crippen LogP contribution in [0.1, 0.15) is 27.0 Å². The summed E-state index contributed by atoms with van der Waals surface area (Å²) in [6.07, 6.45) is 0.608. The number of nitrogens with one attached hydrogen (secondary N) is 1. The number of nitrogens with two attached hydrogens (primary N) is 1. The maximum atomic E-state index is 14.2. The average molecular weight is 628 g/mol. The van der Waals surface area contributed by atoms with Crippen molar-refractivity contribution in [3.05, 3.63) is 118 Å². The molecule has 2 fully saturated rings. The number of urea groups is 1. The van der Waals surface area contributed by atoms with Gasteiger partial charge in [0.1, 0.15) is 23.5 Å². The number of amides is 5. The third-order valence-corrected chi connectivity index (χ3v) is 7.96. The Morgan fingerprint density at radius 2 is 1.76 bits per heavy atom. The molecule has 0 spiro atoms. The fourth-order valence-corrected chi connectivity index (χ4v) is 5.89. The molecule has 4 N–H and O–H groups in total. The van der Waals surface area contributed by atoms with Crippen LogP contribution in [0.15, 0.2) is 85.5 Å². The molecule has 5 rings (SSSR count). The van der Waals surface area contributed by atoms with Gasteiger partial charge in [-0.2, -0.15) is 0 Å². The third kappa shape index (κ3) is 6.51. The number of benzene rings is 3. The molecule has 14 heteroatoms. The molecular weight excluding hydrogens is 594 g/mol. The zero-order chi connectivity index (χ0) is 33.0. The van der Waals surface area contributed by atoms with Crippen molar-refractivity contribution in [2.24, 2.45) is 5.73 Å². The first kappa shape index (κ1) is 31.7. The summed E-state index contributed by atoms with van der Waals surface area (Å²) in [5, 5.41) is 27.7. The zero-order valence-electron chi connectivity index (χ0n) is 24.8. The maximum absolute atomic E-state index is 14.2. The van der Waals surface area contributed by atoms with E-state index in [2.05, 4.69) is 11.9 Å². The average Bonchev–Trinajstić information content (AvgIpc) is 3.03. The minimum atomic E-state index is -1.09. The van der Waals surface area contributed by atoms with Gasteiger partial charge in [-0.05, 0) is 29.3 Å². The second-order valence-electron chi connectivity index (χ2n) is 10.9. The number of nitro groups is 1. The van der Waals surface area contributed by atoms with Gasteiger partial charge in [0.2, 0.25) is 11.8 Å². The largest absolute Gasteiger partial charge is 0.508 e. The van der Waals surface area contributed by atoms with Gasteiger partial charge in [0.25, 0.3) is 11.6 Å². The van der Waals surface area contributed by atoms with Crippen molar-refractivity contribution < 1.29 is 29.2 Å². The second kappa shape index (κ2) is 13.5. The molecule has 3 aromatic rings. The number of rotatable bonds is 10. The molecule has 2 heterocycles. The van der Waals surface area contributed by atoms with Crippen molar-refractivity contribution in [1.82, 2.24) is 25.1 Å². The predicted molar refractivity (Wildman–Crippen MR) is 166 cm³/mol. The fourth-order valence-electron chi connectivity index (χ4n) is 5.89. The lowest BCUT2D eigenvalue weighted by molar-refractivity contribution is -0.386. The fraction of sp³-hybridized carbons (Fsp3) is 0.250. The Morgan fingerprint density at radius 3 is 2.41 bits per heavy atom. The Kier molecular flexibility index (Phi) is 9.28. The molecule has 2 atom stereocenters. The number of nitrogens with zero attached hydrogens (tertiary/aromatic N) is 5. The van der Waals surface area contributed by atoms with E-state index < -0.39 is 46.6 Å². The number of phenolic OH excluding ortho intramolecular Hbond substituents is 1. The van der Waals surface area contributed by atoms with Crippen LogP contribution in [0.4, 0.5) is 10.5 Å². The number of aromatic hydroxyl groups is 1. The van der Waals surface area contributed by atoms with E-state index in [-0.39, 0.29) is 56.0 Å². The lowest BCUT2D eigenvalue weighted by Crippen LogP contribution is -2.76. The Bertz CT molecular complexity index is 1660. The van der Waals surface area contributed by atoms with E-state index in [9.17, 15) is 34.4 Å². The van der Waals surface area contributed by atoms with E-state index in [1.807, 2.05) is 30.3 Å². The van der Waals surface area contributed by atoms with Gasteiger partial charge in [-0.3, -0.25) is 24.5 Å². The highest BCUT2D eigenvalue weighted by atomic mass is 16.6. The molecule has 3 aromatic carbocycles. The lowest BCUT2D eigenvalue weighted by atomic mass is 9.97. The molecule has 2 aliphatic rings. The quantitative estimate of drug-likeness (QED) is 0.174. The molecule has 0 radical (unpaired) electrons. The summed E-state index contributed by atoms with van der Waals surface area (Å²) < 4.78 is 0. The molecule has 1 unspecified atom stereocenters. The first-order valence-corrected chi connectivity index (χ1v) is 14.5. The monoisotopic (exact) mass is 627 g/mol. The first-order valence-electron chi connectivity index (χ1n) is 14.5. The van der Waals surface area contributed by atoms with Crippen molar-refractivity contribution >= 4 is 29.4 Å². The van der Waals surface area contributed by atoms with Crippen LogP contribution in [-0.2, 0) is 29.1 Å². The normalized spacial score (nSPS) is 18.2.